The molecule has 2 N–H and O–H groups in total. The number of morpholine rings is 1. The van der Waals surface area contributed by atoms with Crippen molar-refractivity contribution in [1.29, 1.82) is 0 Å². The minimum atomic E-state index is -1.25. The standard InChI is InChI=1S/C24H27N7O6/c1-14-26-12-15(13-27-14)21(32)29-24-28-18-16(20-25-6-8-31(20)24)4-5-17(19(18)35-2)36-10-3-7-30-9-11-37-23(34)22(30)33/h4-5,12-13,22,25,33H,3,6-11H2,1-2H3. The minimum Gasteiger partial charge on any atom is -0.491 e. The average Bonchev–Trinajstić information content (AvgIpc) is 3.40. The number of cyclic esters (lactones) is 1. The number of aliphatic hydroxyl groups excluding tert-OH is 1. The topological polar surface area (TPSA) is 153 Å². The van der Waals surface area contributed by atoms with Crippen LogP contribution in [0.25, 0.3) is 10.9 Å². The summed E-state index contributed by atoms with van der Waals surface area (Å²) in [6.07, 6.45) is 2.19. The number of aliphatic hydroxyl groups is 1. The van der Waals surface area contributed by atoms with Gasteiger partial charge in [-0.2, -0.15) is 4.99 Å². The van der Waals surface area contributed by atoms with Gasteiger partial charge >= 0.3 is 5.97 Å². The Morgan fingerprint density at radius 3 is 2.89 bits per heavy atom. The first-order valence-corrected chi connectivity index (χ1v) is 11.9. The second kappa shape index (κ2) is 10.5. The summed E-state index contributed by atoms with van der Waals surface area (Å²) in [5.74, 6) is 1.11. The fourth-order valence-electron chi connectivity index (χ4n) is 4.30. The third-order valence-corrected chi connectivity index (χ3v) is 6.16. The van der Waals surface area contributed by atoms with Crippen LogP contribution in [0.4, 0.5) is 5.82 Å². The molecule has 2 aliphatic rings. The Bertz CT molecular complexity index is 1410. The predicted molar refractivity (Wildman–Crippen MR) is 130 cm³/mol. The molecular weight excluding hydrogens is 482 g/mol. The van der Waals surface area contributed by atoms with Crippen LogP contribution in [0, 0.1) is 6.92 Å². The highest BCUT2D eigenvalue weighted by atomic mass is 16.6. The minimum absolute atomic E-state index is 0.236. The third-order valence-electron chi connectivity index (χ3n) is 6.16. The maximum atomic E-state index is 12.8. The van der Waals surface area contributed by atoms with E-state index in [2.05, 4.69) is 25.3 Å². The number of amides is 1. The van der Waals surface area contributed by atoms with Gasteiger partial charge in [-0.25, -0.2) is 19.7 Å². The summed E-state index contributed by atoms with van der Waals surface area (Å²) in [6, 6.07) is 3.69. The molecular formula is C24H27N7O6. The number of carbonyl (C=O) groups is 2. The molecule has 13 heteroatoms. The number of fused-ring (bicyclic) bond motifs is 3. The van der Waals surface area contributed by atoms with Crippen LogP contribution >= 0.6 is 0 Å². The summed E-state index contributed by atoms with van der Waals surface area (Å²) in [5.41, 5.74) is 1.00. The second-order valence-electron chi connectivity index (χ2n) is 8.55. The van der Waals surface area contributed by atoms with E-state index in [1.807, 2.05) is 16.7 Å². The van der Waals surface area contributed by atoms with E-state index in [0.717, 1.165) is 11.2 Å². The molecule has 37 heavy (non-hydrogen) atoms. The van der Waals surface area contributed by atoms with E-state index < -0.39 is 18.1 Å². The summed E-state index contributed by atoms with van der Waals surface area (Å²) < 4.78 is 18.3. The highest BCUT2D eigenvalue weighted by Gasteiger charge is 2.29. The molecule has 0 saturated carbocycles. The van der Waals surface area contributed by atoms with Crippen molar-refractivity contribution in [2.45, 2.75) is 26.1 Å². The third kappa shape index (κ3) is 4.95. The van der Waals surface area contributed by atoms with Crippen LogP contribution < -0.4 is 20.4 Å². The largest absolute Gasteiger partial charge is 0.491 e. The Labute approximate surface area is 211 Å². The monoisotopic (exact) mass is 509 g/mol. The van der Waals surface area contributed by atoms with E-state index in [1.54, 1.807) is 11.8 Å². The number of esters is 1. The molecule has 194 valence electrons. The number of nitrogens with zero attached hydrogens (tertiary/aromatic N) is 6. The molecule has 0 aliphatic carbocycles. The Morgan fingerprint density at radius 1 is 1.30 bits per heavy atom. The number of anilines is 1. The van der Waals surface area contributed by atoms with E-state index in [4.69, 9.17) is 14.2 Å². The SMILES string of the molecule is COc1c(OCCCN2CCOC(=O)C2O)ccc2c3n(c(=NC(=O)c4cnc(C)nc4)nc12)CCN3. The summed E-state index contributed by atoms with van der Waals surface area (Å²) in [6.45, 7) is 4.51. The van der Waals surface area contributed by atoms with Crippen molar-refractivity contribution in [2.24, 2.45) is 4.99 Å². The predicted octanol–water partition coefficient (Wildman–Crippen LogP) is 0.256. The lowest BCUT2D eigenvalue weighted by Gasteiger charge is -2.30. The number of benzene rings is 1. The zero-order chi connectivity index (χ0) is 25.9. The number of nitrogens with one attached hydrogen (secondary N) is 1. The molecule has 1 fully saturated rings. The average molecular weight is 510 g/mol. The lowest BCUT2D eigenvalue weighted by atomic mass is 10.2. The van der Waals surface area contributed by atoms with Gasteiger partial charge in [0.1, 0.15) is 23.8 Å². The van der Waals surface area contributed by atoms with Crippen LogP contribution in [-0.4, -0.2) is 87.6 Å². The van der Waals surface area contributed by atoms with Crippen molar-refractivity contribution in [3.63, 3.8) is 0 Å². The second-order valence-corrected chi connectivity index (χ2v) is 8.55. The zero-order valence-electron chi connectivity index (χ0n) is 20.5. The molecule has 0 bridgehead atoms. The van der Waals surface area contributed by atoms with Gasteiger partial charge < -0.3 is 24.6 Å². The van der Waals surface area contributed by atoms with Crippen molar-refractivity contribution in [1.82, 2.24) is 24.4 Å². The number of methoxy groups -OCH3 is 1. The Balaban J connectivity index is 1.41. The van der Waals surface area contributed by atoms with Gasteiger partial charge in [0.15, 0.2) is 11.5 Å². The van der Waals surface area contributed by atoms with E-state index in [1.165, 1.54) is 19.5 Å². The smallest absolute Gasteiger partial charge is 0.350 e. The first-order chi connectivity index (χ1) is 18.0. The molecule has 0 spiro atoms. The summed E-state index contributed by atoms with van der Waals surface area (Å²) in [4.78, 5) is 43.0. The Hall–Kier alpha value is -4.10. The molecule has 0 radical (unpaired) electrons. The lowest BCUT2D eigenvalue weighted by molar-refractivity contribution is -0.175. The maximum Gasteiger partial charge on any atom is 0.350 e. The number of aromatic nitrogens is 4. The summed E-state index contributed by atoms with van der Waals surface area (Å²) >= 11 is 0. The van der Waals surface area contributed by atoms with Gasteiger partial charge in [-0.05, 0) is 25.5 Å². The van der Waals surface area contributed by atoms with Crippen LogP contribution in [0.15, 0.2) is 29.5 Å². The van der Waals surface area contributed by atoms with Crippen molar-refractivity contribution in [3.05, 3.63) is 41.5 Å². The number of rotatable bonds is 7. The van der Waals surface area contributed by atoms with Gasteiger partial charge in [-0.15, -0.1) is 0 Å². The molecule has 5 rings (SSSR count). The zero-order valence-corrected chi connectivity index (χ0v) is 20.5. The van der Waals surface area contributed by atoms with Crippen molar-refractivity contribution in [3.8, 4) is 11.5 Å². The van der Waals surface area contributed by atoms with Crippen molar-refractivity contribution < 1.29 is 28.9 Å². The number of ether oxygens (including phenoxy) is 3. The van der Waals surface area contributed by atoms with Gasteiger partial charge in [0.05, 0.1) is 19.3 Å². The molecule has 2 aliphatic heterocycles. The van der Waals surface area contributed by atoms with Gasteiger partial charge in [0, 0.05) is 44.0 Å². The van der Waals surface area contributed by atoms with Crippen molar-refractivity contribution in [2.75, 3.05) is 45.3 Å². The number of hydrogen-bond acceptors (Lipinski definition) is 11. The molecule has 2 aromatic heterocycles. The fourth-order valence-corrected chi connectivity index (χ4v) is 4.30. The van der Waals surface area contributed by atoms with E-state index >= 15 is 0 Å². The summed E-state index contributed by atoms with van der Waals surface area (Å²) in [5, 5.41) is 14.1. The van der Waals surface area contributed by atoms with Crippen LogP contribution in [0.3, 0.4) is 0 Å². The highest BCUT2D eigenvalue weighted by molar-refractivity contribution is 5.96. The number of aryl methyl sites for hydroxylation is 1. The molecule has 4 heterocycles. The Morgan fingerprint density at radius 2 is 2.11 bits per heavy atom. The number of carbonyl (C=O) groups excluding carboxylic acids is 2. The van der Waals surface area contributed by atoms with Crippen LogP contribution in [0.2, 0.25) is 0 Å². The molecule has 1 saturated heterocycles. The molecule has 1 amide bonds. The molecule has 1 aromatic carbocycles. The fraction of sp³-hybridized carbons (Fsp3) is 0.417. The quantitative estimate of drug-likeness (QED) is 0.333. The highest BCUT2D eigenvalue weighted by Crippen LogP contribution is 2.37. The van der Waals surface area contributed by atoms with Crippen LogP contribution in [0.5, 0.6) is 11.5 Å². The molecule has 1 atom stereocenters. The van der Waals surface area contributed by atoms with Crippen molar-refractivity contribution >= 4 is 28.6 Å². The van der Waals surface area contributed by atoms with Gasteiger partial charge in [-0.1, -0.05) is 0 Å². The van der Waals surface area contributed by atoms with Crippen LogP contribution in [-0.2, 0) is 16.1 Å². The molecule has 1 unspecified atom stereocenters. The van der Waals surface area contributed by atoms with E-state index in [0.29, 0.717) is 62.0 Å². The van der Waals surface area contributed by atoms with E-state index in [9.17, 15) is 14.7 Å². The first kappa shape index (κ1) is 24.6. The normalized spacial score (nSPS) is 17.9. The summed E-state index contributed by atoms with van der Waals surface area (Å²) in [7, 11) is 1.53. The number of hydrogen-bond donors (Lipinski definition) is 2. The van der Waals surface area contributed by atoms with Gasteiger partial charge in [-0.3, -0.25) is 14.3 Å². The first-order valence-electron chi connectivity index (χ1n) is 11.9. The van der Waals surface area contributed by atoms with Gasteiger partial charge in [0.2, 0.25) is 11.8 Å². The maximum absolute atomic E-state index is 12.8. The lowest BCUT2D eigenvalue weighted by Crippen LogP contribution is -2.49. The molecule has 13 nitrogen and oxygen atoms in total. The van der Waals surface area contributed by atoms with Crippen LogP contribution in [0.1, 0.15) is 22.6 Å². The van der Waals surface area contributed by atoms with Gasteiger partial charge in [0.25, 0.3) is 5.91 Å². The molecule has 3 aromatic rings. The van der Waals surface area contributed by atoms with E-state index in [-0.39, 0.29) is 17.8 Å². The Kier molecular flexibility index (Phi) is 6.97.